The van der Waals surface area contributed by atoms with E-state index >= 15 is 0 Å². The van der Waals surface area contributed by atoms with Gasteiger partial charge in [-0.3, -0.25) is 9.69 Å². The fourth-order valence-electron chi connectivity index (χ4n) is 4.85. The van der Waals surface area contributed by atoms with Gasteiger partial charge in [0.25, 0.3) is 5.56 Å². The standard InChI is InChI=1S/C26H29FN6O2/c1-35-23-12-9-19-13-20(26(34)28-24(19)14-23)16-32(22-5-3-2-4-6-22)17-25-29-30-31-33(25)15-18-7-10-21(27)11-8-18/h7-14,22H,2-6,15-17H2,1H3,(H,28,34). The van der Waals surface area contributed by atoms with Crippen LogP contribution in [0, 0.1) is 5.82 Å². The molecule has 182 valence electrons. The van der Waals surface area contributed by atoms with E-state index in [1.807, 2.05) is 24.3 Å². The van der Waals surface area contributed by atoms with Gasteiger partial charge in [0.1, 0.15) is 11.6 Å². The topological polar surface area (TPSA) is 88.9 Å². The van der Waals surface area contributed by atoms with Crippen LogP contribution in [0.15, 0.2) is 53.3 Å². The lowest BCUT2D eigenvalue weighted by molar-refractivity contribution is 0.134. The van der Waals surface area contributed by atoms with Gasteiger partial charge < -0.3 is 9.72 Å². The van der Waals surface area contributed by atoms with Gasteiger partial charge in [-0.05, 0) is 64.5 Å². The van der Waals surface area contributed by atoms with Crippen LogP contribution in [0.5, 0.6) is 5.75 Å². The number of halogens is 1. The van der Waals surface area contributed by atoms with Crippen molar-refractivity contribution in [2.75, 3.05) is 7.11 Å². The summed E-state index contributed by atoms with van der Waals surface area (Å²) in [6.45, 7) is 1.49. The van der Waals surface area contributed by atoms with Crippen molar-refractivity contribution in [3.63, 3.8) is 0 Å². The van der Waals surface area contributed by atoms with E-state index in [0.717, 1.165) is 35.1 Å². The highest BCUT2D eigenvalue weighted by Crippen LogP contribution is 2.26. The largest absolute Gasteiger partial charge is 0.497 e. The molecule has 0 unspecified atom stereocenters. The predicted octanol–water partition coefficient (Wildman–Crippen LogP) is 4.05. The van der Waals surface area contributed by atoms with Gasteiger partial charge in [-0.15, -0.1) is 5.10 Å². The van der Waals surface area contributed by atoms with Gasteiger partial charge in [0.05, 0.1) is 25.7 Å². The van der Waals surface area contributed by atoms with Crippen molar-refractivity contribution in [2.45, 2.75) is 57.8 Å². The van der Waals surface area contributed by atoms with Crippen LogP contribution in [-0.4, -0.2) is 43.2 Å². The summed E-state index contributed by atoms with van der Waals surface area (Å²) in [7, 11) is 1.61. The number of aromatic amines is 1. The van der Waals surface area contributed by atoms with Crippen LogP contribution in [0.3, 0.4) is 0 Å². The molecule has 2 aromatic heterocycles. The molecule has 0 saturated heterocycles. The molecular weight excluding hydrogens is 447 g/mol. The zero-order chi connectivity index (χ0) is 24.2. The summed E-state index contributed by atoms with van der Waals surface area (Å²) in [6.07, 6.45) is 5.76. The van der Waals surface area contributed by atoms with Gasteiger partial charge in [0.2, 0.25) is 0 Å². The number of benzene rings is 2. The fourth-order valence-corrected chi connectivity index (χ4v) is 4.85. The third-order valence-corrected chi connectivity index (χ3v) is 6.79. The van der Waals surface area contributed by atoms with Crippen molar-refractivity contribution in [1.29, 1.82) is 0 Å². The maximum atomic E-state index is 13.3. The molecule has 0 aliphatic heterocycles. The number of fused-ring (bicyclic) bond motifs is 1. The molecule has 2 aromatic carbocycles. The summed E-state index contributed by atoms with van der Waals surface area (Å²) in [5, 5.41) is 13.3. The number of nitrogens with zero attached hydrogens (tertiary/aromatic N) is 5. The van der Waals surface area contributed by atoms with Crippen LogP contribution in [0.4, 0.5) is 4.39 Å². The van der Waals surface area contributed by atoms with Crippen LogP contribution in [0.2, 0.25) is 0 Å². The van der Waals surface area contributed by atoms with Gasteiger partial charge >= 0.3 is 0 Å². The Labute approximate surface area is 202 Å². The SMILES string of the molecule is COc1ccc2cc(CN(Cc3nnnn3Cc3ccc(F)cc3)C3CCCCC3)c(=O)[nH]c2c1. The lowest BCUT2D eigenvalue weighted by Gasteiger charge is -2.33. The number of nitrogens with one attached hydrogen (secondary N) is 1. The van der Waals surface area contributed by atoms with Crippen molar-refractivity contribution in [2.24, 2.45) is 0 Å². The van der Waals surface area contributed by atoms with Crippen molar-refractivity contribution < 1.29 is 9.13 Å². The van der Waals surface area contributed by atoms with E-state index in [2.05, 4.69) is 25.4 Å². The molecule has 1 saturated carbocycles. The van der Waals surface area contributed by atoms with Gasteiger partial charge in [-0.25, -0.2) is 9.07 Å². The molecule has 35 heavy (non-hydrogen) atoms. The molecule has 1 aliphatic carbocycles. The molecule has 2 heterocycles. The number of hydrogen-bond acceptors (Lipinski definition) is 6. The Bertz CT molecular complexity index is 1340. The number of rotatable bonds is 8. The molecule has 0 bridgehead atoms. The number of tetrazole rings is 1. The molecule has 0 amide bonds. The maximum Gasteiger partial charge on any atom is 0.252 e. The van der Waals surface area contributed by atoms with E-state index in [-0.39, 0.29) is 11.4 Å². The summed E-state index contributed by atoms with van der Waals surface area (Å²) in [5.74, 6) is 1.16. The van der Waals surface area contributed by atoms with E-state index in [0.29, 0.717) is 37.0 Å². The first kappa shape index (κ1) is 23.2. The first-order chi connectivity index (χ1) is 17.1. The zero-order valence-electron chi connectivity index (χ0n) is 19.8. The Kier molecular flexibility index (Phi) is 6.85. The number of H-pyrrole nitrogens is 1. The Balaban J connectivity index is 1.41. The third kappa shape index (κ3) is 5.40. The van der Waals surface area contributed by atoms with Crippen LogP contribution >= 0.6 is 0 Å². The van der Waals surface area contributed by atoms with Crippen molar-refractivity contribution in [1.82, 2.24) is 30.1 Å². The molecule has 9 heteroatoms. The lowest BCUT2D eigenvalue weighted by atomic mass is 9.93. The molecule has 8 nitrogen and oxygen atoms in total. The minimum Gasteiger partial charge on any atom is -0.497 e. The highest BCUT2D eigenvalue weighted by atomic mass is 19.1. The Morgan fingerprint density at radius 1 is 1.09 bits per heavy atom. The fraction of sp³-hybridized carbons (Fsp3) is 0.385. The average molecular weight is 477 g/mol. The zero-order valence-corrected chi connectivity index (χ0v) is 19.8. The number of hydrogen-bond donors (Lipinski definition) is 1. The maximum absolute atomic E-state index is 13.3. The number of aromatic nitrogens is 5. The highest BCUT2D eigenvalue weighted by Gasteiger charge is 2.24. The van der Waals surface area contributed by atoms with Crippen LogP contribution < -0.4 is 10.3 Å². The molecule has 1 aliphatic rings. The third-order valence-electron chi connectivity index (χ3n) is 6.79. The van der Waals surface area contributed by atoms with Crippen LogP contribution in [0.25, 0.3) is 10.9 Å². The number of methoxy groups -OCH3 is 1. The van der Waals surface area contributed by atoms with Crippen LogP contribution in [-0.2, 0) is 19.6 Å². The number of pyridine rings is 1. The van der Waals surface area contributed by atoms with Gasteiger partial charge in [0.15, 0.2) is 5.82 Å². The van der Waals surface area contributed by atoms with Gasteiger partial charge in [-0.1, -0.05) is 31.4 Å². The molecule has 1 fully saturated rings. The summed E-state index contributed by atoms with van der Waals surface area (Å²) in [5.41, 5.74) is 2.29. The van der Waals surface area contributed by atoms with Crippen molar-refractivity contribution in [3.8, 4) is 5.75 Å². The van der Waals surface area contributed by atoms with Gasteiger partial charge in [-0.2, -0.15) is 0 Å². The predicted molar refractivity (Wildman–Crippen MR) is 131 cm³/mol. The van der Waals surface area contributed by atoms with E-state index in [1.165, 1.54) is 31.4 Å². The molecule has 4 aromatic rings. The molecular formula is C26H29FN6O2. The minimum atomic E-state index is -0.270. The monoisotopic (exact) mass is 476 g/mol. The molecule has 0 spiro atoms. The van der Waals surface area contributed by atoms with E-state index in [1.54, 1.807) is 23.9 Å². The molecule has 5 rings (SSSR count). The Morgan fingerprint density at radius 3 is 2.66 bits per heavy atom. The average Bonchev–Trinajstić information content (AvgIpc) is 3.32. The smallest absolute Gasteiger partial charge is 0.252 e. The second-order valence-corrected chi connectivity index (χ2v) is 9.15. The van der Waals surface area contributed by atoms with E-state index in [4.69, 9.17) is 4.74 Å². The van der Waals surface area contributed by atoms with E-state index in [9.17, 15) is 9.18 Å². The molecule has 0 radical (unpaired) electrons. The van der Waals surface area contributed by atoms with E-state index < -0.39 is 0 Å². The summed E-state index contributed by atoms with van der Waals surface area (Å²) in [6, 6.07) is 14.4. The Hall–Kier alpha value is -3.59. The first-order valence-corrected chi connectivity index (χ1v) is 12.0. The van der Waals surface area contributed by atoms with Crippen LogP contribution in [0.1, 0.15) is 49.1 Å². The normalized spacial score (nSPS) is 14.6. The summed E-state index contributed by atoms with van der Waals surface area (Å²) >= 11 is 0. The molecule has 0 atom stereocenters. The second-order valence-electron chi connectivity index (χ2n) is 9.15. The highest BCUT2D eigenvalue weighted by molar-refractivity contribution is 5.80. The molecule has 1 N–H and O–H groups in total. The first-order valence-electron chi connectivity index (χ1n) is 12.0. The lowest BCUT2D eigenvalue weighted by Crippen LogP contribution is -2.38. The summed E-state index contributed by atoms with van der Waals surface area (Å²) < 4.78 is 20.3. The number of ether oxygens (including phenoxy) is 1. The van der Waals surface area contributed by atoms with Crippen molar-refractivity contribution in [3.05, 3.63) is 81.7 Å². The van der Waals surface area contributed by atoms with Gasteiger partial charge in [0, 0.05) is 24.2 Å². The minimum absolute atomic E-state index is 0.0996. The summed E-state index contributed by atoms with van der Waals surface area (Å²) in [4.78, 5) is 18.3. The quantitative estimate of drug-likeness (QED) is 0.413. The second kappa shape index (κ2) is 10.4. The Morgan fingerprint density at radius 2 is 1.89 bits per heavy atom. The van der Waals surface area contributed by atoms with Crippen molar-refractivity contribution >= 4 is 10.9 Å².